The van der Waals surface area contributed by atoms with Crippen LogP contribution in [0.4, 0.5) is 0 Å². The maximum absolute atomic E-state index is 11.8. The quantitative estimate of drug-likeness (QED) is 0.809. The van der Waals surface area contributed by atoms with E-state index in [0.29, 0.717) is 5.03 Å². The molecule has 0 spiro atoms. The molecule has 0 N–H and O–H groups in total. The summed E-state index contributed by atoms with van der Waals surface area (Å²) in [4.78, 5) is 28.6. The van der Waals surface area contributed by atoms with Crippen molar-refractivity contribution in [3.63, 3.8) is 0 Å². The second-order valence-electron chi connectivity index (χ2n) is 3.94. The molecule has 6 heteroatoms. The van der Waals surface area contributed by atoms with E-state index in [0.717, 1.165) is 4.90 Å². The molecule has 0 unspecified atom stereocenters. The van der Waals surface area contributed by atoms with Crippen molar-refractivity contribution in [3.8, 4) is 0 Å². The van der Waals surface area contributed by atoms with Gasteiger partial charge in [0.15, 0.2) is 5.69 Å². The summed E-state index contributed by atoms with van der Waals surface area (Å²) in [6.07, 6.45) is 0. The SMILES string of the molecule is COC(=O)c1ccc(Sc2ccccc2)nc1C(=O)OC. The third kappa shape index (κ3) is 3.61. The number of hydrogen-bond donors (Lipinski definition) is 0. The molecule has 0 amide bonds. The molecule has 0 aliphatic heterocycles. The summed E-state index contributed by atoms with van der Waals surface area (Å²) in [5, 5.41) is 0.592. The van der Waals surface area contributed by atoms with Gasteiger partial charge in [-0.3, -0.25) is 0 Å². The lowest BCUT2D eigenvalue weighted by molar-refractivity contribution is 0.0549. The maximum Gasteiger partial charge on any atom is 0.357 e. The normalized spacial score (nSPS) is 10.0. The van der Waals surface area contributed by atoms with E-state index in [4.69, 9.17) is 0 Å². The van der Waals surface area contributed by atoms with Gasteiger partial charge in [0.1, 0.15) is 5.03 Å². The molecule has 0 aliphatic rings. The van der Waals surface area contributed by atoms with Crippen LogP contribution in [0.5, 0.6) is 0 Å². The Labute approximate surface area is 126 Å². The van der Waals surface area contributed by atoms with Crippen molar-refractivity contribution >= 4 is 23.7 Å². The molecule has 0 fully saturated rings. The van der Waals surface area contributed by atoms with Gasteiger partial charge >= 0.3 is 11.9 Å². The summed E-state index contributed by atoms with van der Waals surface area (Å²) in [7, 11) is 2.48. The zero-order valence-electron chi connectivity index (χ0n) is 11.5. The van der Waals surface area contributed by atoms with Crippen molar-refractivity contribution in [2.45, 2.75) is 9.92 Å². The molecule has 2 rings (SSSR count). The highest BCUT2D eigenvalue weighted by molar-refractivity contribution is 7.99. The molecule has 1 heterocycles. The Morgan fingerprint density at radius 2 is 1.62 bits per heavy atom. The van der Waals surface area contributed by atoms with Crippen LogP contribution in [0.25, 0.3) is 0 Å². The number of carbonyl (C=O) groups is 2. The minimum Gasteiger partial charge on any atom is -0.465 e. The highest BCUT2D eigenvalue weighted by Crippen LogP contribution is 2.26. The van der Waals surface area contributed by atoms with Gasteiger partial charge in [-0.1, -0.05) is 30.0 Å². The van der Waals surface area contributed by atoms with E-state index in [1.54, 1.807) is 6.07 Å². The summed E-state index contributed by atoms with van der Waals surface area (Å²) in [5.41, 5.74) is 0.0343. The number of nitrogens with zero attached hydrogens (tertiary/aromatic N) is 1. The van der Waals surface area contributed by atoms with E-state index in [1.165, 1.54) is 32.0 Å². The lowest BCUT2D eigenvalue weighted by Crippen LogP contribution is -2.14. The average molecular weight is 303 g/mol. The lowest BCUT2D eigenvalue weighted by Gasteiger charge is -2.07. The first-order valence-electron chi connectivity index (χ1n) is 6.06. The molecule has 108 valence electrons. The molecular weight excluding hydrogens is 290 g/mol. The Kier molecular flexibility index (Phi) is 4.94. The Hall–Kier alpha value is -2.34. The number of aromatic nitrogens is 1. The van der Waals surface area contributed by atoms with Gasteiger partial charge in [-0.15, -0.1) is 0 Å². The van der Waals surface area contributed by atoms with Crippen LogP contribution in [0.15, 0.2) is 52.4 Å². The Morgan fingerprint density at radius 3 is 2.24 bits per heavy atom. The fraction of sp³-hybridized carbons (Fsp3) is 0.133. The first-order chi connectivity index (χ1) is 10.2. The number of methoxy groups -OCH3 is 2. The monoisotopic (exact) mass is 303 g/mol. The van der Waals surface area contributed by atoms with E-state index in [1.807, 2.05) is 30.3 Å². The lowest BCUT2D eigenvalue weighted by atomic mass is 10.2. The van der Waals surface area contributed by atoms with Gasteiger partial charge in [0, 0.05) is 4.90 Å². The van der Waals surface area contributed by atoms with E-state index < -0.39 is 11.9 Å². The molecular formula is C15H13NO4S. The predicted octanol–water partition coefficient (Wildman–Crippen LogP) is 2.81. The van der Waals surface area contributed by atoms with Crippen LogP contribution in [0.1, 0.15) is 20.8 Å². The predicted molar refractivity (Wildman–Crippen MR) is 77.5 cm³/mol. The summed E-state index contributed by atoms with van der Waals surface area (Å²) in [5.74, 6) is -1.30. The molecule has 0 saturated heterocycles. The number of hydrogen-bond acceptors (Lipinski definition) is 6. The molecule has 0 saturated carbocycles. The van der Waals surface area contributed by atoms with Crippen molar-refractivity contribution in [2.24, 2.45) is 0 Å². The zero-order valence-corrected chi connectivity index (χ0v) is 12.3. The van der Waals surface area contributed by atoms with Gasteiger partial charge < -0.3 is 9.47 Å². The van der Waals surface area contributed by atoms with Crippen LogP contribution in [-0.4, -0.2) is 31.1 Å². The third-order valence-corrected chi connectivity index (χ3v) is 3.56. The second-order valence-corrected chi connectivity index (χ2v) is 5.04. The fourth-order valence-electron chi connectivity index (χ4n) is 1.63. The van der Waals surface area contributed by atoms with Crippen LogP contribution in [0.3, 0.4) is 0 Å². The van der Waals surface area contributed by atoms with Gasteiger partial charge in [0.05, 0.1) is 19.8 Å². The van der Waals surface area contributed by atoms with E-state index in [9.17, 15) is 9.59 Å². The standard InChI is InChI=1S/C15H13NO4S/c1-19-14(17)11-8-9-12(16-13(11)15(18)20-2)21-10-6-4-3-5-7-10/h3-9H,1-2H3. The van der Waals surface area contributed by atoms with Gasteiger partial charge in [0.2, 0.25) is 0 Å². The van der Waals surface area contributed by atoms with Crippen LogP contribution in [-0.2, 0) is 9.47 Å². The summed E-state index contributed by atoms with van der Waals surface area (Å²) in [6, 6.07) is 12.8. The summed E-state index contributed by atoms with van der Waals surface area (Å²) >= 11 is 1.39. The van der Waals surface area contributed by atoms with Crippen molar-refractivity contribution in [1.82, 2.24) is 4.98 Å². The van der Waals surface area contributed by atoms with Gasteiger partial charge in [0.25, 0.3) is 0 Å². The largest absolute Gasteiger partial charge is 0.465 e. The number of rotatable bonds is 4. The average Bonchev–Trinajstić information content (AvgIpc) is 2.54. The molecule has 0 atom stereocenters. The first-order valence-corrected chi connectivity index (χ1v) is 6.88. The highest BCUT2D eigenvalue weighted by Gasteiger charge is 2.20. The van der Waals surface area contributed by atoms with Crippen LogP contribution >= 0.6 is 11.8 Å². The van der Waals surface area contributed by atoms with Crippen LogP contribution < -0.4 is 0 Å². The van der Waals surface area contributed by atoms with Crippen molar-refractivity contribution in [3.05, 3.63) is 53.7 Å². The summed E-state index contributed by atoms with van der Waals surface area (Å²) in [6.45, 7) is 0. The Bertz CT molecular complexity index is 658. The molecule has 0 radical (unpaired) electrons. The second kappa shape index (κ2) is 6.90. The first kappa shape index (κ1) is 15.1. The molecule has 21 heavy (non-hydrogen) atoms. The van der Waals surface area contributed by atoms with Crippen LogP contribution in [0.2, 0.25) is 0 Å². The minimum atomic E-state index is -0.675. The zero-order chi connectivity index (χ0) is 15.2. The highest BCUT2D eigenvalue weighted by atomic mass is 32.2. The maximum atomic E-state index is 11.8. The van der Waals surface area contributed by atoms with Crippen molar-refractivity contribution < 1.29 is 19.1 Å². The van der Waals surface area contributed by atoms with Crippen LogP contribution in [0, 0.1) is 0 Å². The minimum absolute atomic E-state index is 0.0507. The van der Waals surface area contributed by atoms with E-state index >= 15 is 0 Å². The Balaban J connectivity index is 2.37. The smallest absolute Gasteiger partial charge is 0.357 e. The molecule has 0 aliphatic carbocycles. The molecule has 0 bridgehead atoms. The number of pyridine rings is 1. The van der Waals surface area contributed by atoms with Gasteiger partial charge in [-0.05, 0) is 24.3 Å². The number of esters is 2. The molecule has 1 aromatic heterocycles. The van der Waals surface area contributed by atoms with E-state index in [2.05, 4.69) is 14.5 Å². The molecule has 1 aromatic carbocycles. The number of ether oxygens (including phenoxy) is 2. The van der Waals surface area contributed by atoms with Gasteiger partial charge in [-0.25, -0.2) is 14.6 Å². The molecule has 2 aromatic rings. The van der Waals surface area contributed by atoms with Gasteiger partial charge in [-0.2, -0.15) is 0 Å². The van der Waals surface area contributed by atoms with E-state index in [-0.39, 0.29) is 11.3 Å². The number of carbonyl (C=O) groups excluding carboxylic acids is 2. The fourth-order valence-corrected chi connectivity index (χ4v) is 2.44. The van der Waals surface area contributed by atoms with Crippen molar-refractivity contribution in [1.29, 1.82) is 0 Å². The third-order valence-electron chi connectivity index (χ3n) is 2.62. The van der Waals surface area contributed by atoms with Crippen molar-refractivity contribution in [2.75, 3.05) is 14.2 Å². The topological polar surface area (TPSA) is 65.5 Å². The summed E-state index contributed by atoms with van der Waals surface area (Å²) < 4.78 is 9.29. The molecule has 5 nitrogen and oxygen atoms in total. The Morgan fingerprint density at radius 1 is 0.952 bits per heavy atom. The number of benzene rings is 1.